The summed E-state index contributed by atoms with van der Waals surface area (Å²) >= 11 is 0. The number of esters is 1. The van der Waals surface area contributed by atoms with Crippen molar-refractivity contribution in [2.24, 2.45) is 0 Å². The fourth-order valence-corrected chi connectivity index (χ4v) is 4.74. The van der Waals surface area contributed by atoms with E-state index in [0.29, 0.717) is 23.0 Å². The summed E-state index contributed by atoms with van der Waals surface area (Å²) < 4.78 is 5.23. The minimum Gasteiger partial charge on any atom is -0.424 e. The quantitative estimate of drug-likeness (QED) is 0.392. The number of aryl methyl sites for hydroxylation is 2. The van der Waals surface area contributed by atoms with Gasteiger partial charge >= 0.3 is 5.97 Å². The first-order valence-electron chi connectivity index (χ1n) is 11.3. The summed E-state index contributed by atoms with van der Waals surface area (Å²) in [4.78, 5) is 26.0. The van der Waals surface area contributed by atoms with Gasteiger partial charge in [0.2, 0.25) is 5.56 Å². The third-order valence-electron chi connectivity index (χ3n) is 6.32. The Balaban J connectivity index is 1.50. The maximum Gasteiger partial charge on any atom is 0.308 e. The fraction of sp³-hybridized carbons (Fsp3) is 0.385. The van der Waals surface area contributed by atoms with Gasteiger partial charge in [0.05, 0.1) is 11.6 Å². The van der Waals surface area contributed by atoms with Crippen LogP contribution in [0.3, 0.4) is 0 Å². The highest BCUT2D eigenvalue weighted by Gasteiger charge is 2.24. The second-order valence-corrected chi connectivity index (χ2v) is 8.48. The van der Waals surface area contributed by atoms with Gasteiger partial charge < -0.3 is 20.1 Å². The van der Waals surface area contributed by atoms with Gasteiger partial charge in [-0.05, 0) is 65.6 Å². The van der Waals surface area contributed by atoms with Crippen molar-refractivity contribution < 1.29 is 14.6 Å². The monoisotopic (exact) mass is 434 g/mol. The molecule has 2 aromatic carbocycles. The molecule has 1 aromatic heterocycles. The molecule has 3 aromatic rings. The van der Waals surface area contributed by atoms with E-state index in [1.807, 2.05) is 0 Å². The number of pyridine rings is 1. The molecule has 1 aliphatic carbocycles. The molecule has 3 N–H and O–H groups in total. The number of ether oxygens (including phenoxy) is 1. The molecule has 0 saturated heterocycles. The highest BCUT2D eigenvalue weighted by Crippen LogP contribution is 2.31. The minimum atomic E-state index is -0.768. The van der Waals surface area contributed by atoms with Crippen LogP contribution in [0.15, 0.2) is 41.2 Å². The fourth-order valence-electron chi connectivity index (χ4n) is 4.74. The van der Waals surface area contributed by atoms with Gasteiger partial charge in [0, 0.05) is 31.0 Å². The first-order valence-corrected chi connectivity index (χ1v) is 11.3. The molecule has 1 atom stereocenters. The molecule has 0 bridgehead atoms. The molecule has 4 rings (SSSR count). The number of aliphatic hydroxyl groups is 1. The number of nitrogens with one attached hydrogen (secondary N) is 2. The number of rotatable bonds is 7. The first kappa shape index (κ1) is 22.2. The average Bonchev–Trinajstić information content (AvgIpc) is 3.18. The second kappa shape index (κ2) is 9.27. The lowest BCUT2D eigenvalue weighted by Crippen LogP contribution is -2.33. The van der Waals surface area contributed by atoms with Gasteiger partial charge in [0.25, 0.3) is 0 Å². The topological polar surface area (TPSA) is 91.4 Å². The molecule has 0 spiro atoms. The Labute approximate surface area is 187 Å². The molecule has 0 radical (unpaired) electrons. The van der Waals surface area contributed by atoms with E-state index in [4.69, 9.17) is 4.74 Å². The van der Waals surface area contributed by atoms with Crippen LogP contribution in [0.4, 0.5) is 0 Å². The molecule has 6 nitrogen and oxygen atoms in total. The highest BCUT2D eigenvalue weighted by atomic mass is 16.5. The number of aliphatic hydroxyl groups excluding tert-OH is 1. The molecule has 0 aliphatic heterocycles. The molecule has 168 valence electrons. The Hall–Kier alpha value is -2.96. The third-order valence-corrected chi connectivity index (χ3v) is 6.32. The largest absolute Gasteiger partial charge is 0.424 e. The maximum absolute atomic E-state index is 11.8. The van der Waals surface area contributed by atoms with E-state index in [-0.39, 0.29) is 17.4 Å². The van der Waals surface area contributed by atoms with Crippen LogP contribution in [-0.2, 0) is 30.5 Å². The van der Waals surface area contributed by atoms with Gasteiger partial charge in [-0.1, -0.05) is 32.0 Å². The number of hydrogen-bond acceptors (Lipinski definition) is 5. The van der Waals surface area contributed by atoms with Crippen LogP contribution in [0, 0.1) is 0 Å². The summed E-state index contributed by atoms with van der Waals surface area (Å²) in [5, 5.41) is 15.1. The summed E-state index contributed by atoms with van der Waals surface area (Å²) in [5.41, 5.74) is 6.46. The van der Waals surface area contributed by atoms with Crippen molar-refractivity contribution in [1.29, 1.82) is 0 Å². The van der Waals surface area contributed by atoms with Gasteiger partial charge in [-0.15, -0.1) is 0 Å². The van der Waals surface area contributed by atoms with Crippen LogP contribution < -0.4 is 15.6 Å². The number of carbonyl (C=O) groups excluding carboxylic acids is 1. The first-order chi connectivity index (χ1) is 15.4. The lowest BCUT2D eigenvalue weighted by atomic mass is 9.97. The van der Waals surface area contributed by atoms with Gasteiger partial charge in [-0.25, -0.2) is 0 Å². The summed E-state index contributed by atoms with van der Waals surface area (Å²) in [6, 6.07) is 11.4. The predicted octanol–water partition coefficient (Wildman–Crippen LogP) is 3.37. The Kier molecular flexibility index (Phi) is 6.44. The molecule has 32 heavy (non-hydrogen) atoms. The second-order valence-electron chi connectivity index (χ2n) is 8.48. The smallest absolute Gasteiger partial charge is 0.308 e. The van der Waals surface area contributed by atoms with Crippen LogP contribution in [0.25, 0.3) is 10.9 Å². The van der Waals surface area contributed by atoms with E-state index >= 15 is 0 Å². The van der Waals surface area contributed by atoms with Crippen molar-refractivity contribution in [1.82, 2.24) is 10.3 Å². The van der Waals surface area contributed by atoms with E-state index in [1.54, 1.807) is 18.2 Å². The molecule has 1 aliphatic rings. The van der Waals surface area contributed by atoms with Crippen LogP contribution >= 0.6 is 0 Å². The molecule has 1 heterocycles. The van der Waals surface area contributed by atoms with Crippen LogP contribution in [0.5, 0.6) is 5.75 Å². The van der Waals surface area contributed by atoms with Crippen molar-refractivity contribution in [3.8, 4) is 5.75 Å². The van der Waals surface area contributed by atoms with Crippen LogP contribution in [-0.4, -0.2) is 28.6 Å². The maximum atomic E-state index is 11.8. The van der Waals surface area contributed by atoms with Crippen molar-refractivity contribution in [3.05, 3.63) is 74.6 Å². The third kappa shape index (κ3) is 4.47. The Morgan fingerprint density at radius 1 is 1.12 bits per heavy atom. The van der Waals surface area contributed by atoms with Crippen molar-refractivity contribution in [2.75, 3.05) is 6.54 Å². The molecule has 0 amide bonds. The van der Waals surface area contributed by atoms with Crippen LogP contribution in [0.1, 0.15) is 54.7 Å². The van der Waals surface area contributed by atoms with E-state index in [9.17, 15) is 14.7 Å². The minimum absolute atomic E-state index is 0.277. The van der Waals surface area contributed by atoms with Crippen molar-refractivity contribution in [2.45, 2.75) is 58.6 Å². The average molecular weight is 435 g/mol. The number of aromatic amines is 1. The Morgan fingerprint density at radius 2 is 1.78 bits per heavy atom. The summed E-state index contributed by atoms with van der Waals surface area (Å²) in [6.07, 6.45) is 3.24. The van der Waals surface area contributed by atoms with E-state index in [2.05, 4.69) is 36.3 Å². The summed E-state index contributed by atoms with van der Waals surface area (Å²) in [6.45, 7) is 6.10. The molecular formula is C26H30N2O4. The van der Waals surface area contributed by atoms with Crippen molar-refractivity contribution in [3.63, 3.8) is 0 Å². The molecule has 6 heteroatoms. The van der Waals surface area contributed by atoms with E-state index < -0.39 is 12.1 Å². The Morgan fingerprint density at radius 3 is 2.38 bits per heavy atom. The van der Waals surface area contributed by atoms with Gasteiger partial charge in [0.1, 0.15) is 0 Å². The summed E-state index contributed by atoms with van der Waals surface area (Å²) in [5.74, 6) is -0.192. The predicted molar refractivity (Wildman–Crippen MR) is 125 cm³/mol. The van der Waals surface area contributed by atoms with Gasteiger partial charge in [-0.2, -0.15) is 0 Å². The number of hydrogen-bond donors (Lipinski definition) is 3. The lowest BCUT2D eigenvalue weighted by molar-refractivity contribution is -0.131. The number of H-pyrrole nitrogens is 1. The highest BCUT2D eigenvalue weighted by molar-refractivity contribution is 5.89. The number of benzene rings is 2. The Bertz CT molecular complexity index is 1180. The van der Waals surface area contributed by atoms with E-state index in [1.165, 1.54) is 35.2 Å². The number of fused-ring (bicyclic) bond motifs is 2. The molecular weight excluding hydrogens is 404 g/mol. The van der Waals surface area contributed by atoms with Crippen molar-refractivity contribution >= 4 is 16.9 Å². The van der Waals surface area contributed by atoms with Gasteiger partial charge in [-0.3, -0.25) is 9.59 Å². The van der Waals surface area contributed by atoms with Gasteiger partial charge in [0.15, 0.2) is 5.75 Å². The molecule has 1 unspecified atom stereocenters. The summed E-state index contributed by atoms with van der Waals surface area (Å²) in [7, 11) is 0. The zero-order chi connectivity index (χ0) is 22.8. The number of aromatic nitrogens is 1. The normalized spacial score (nSPS) is 14.5. The molecule has 0 fully saturated rings. The zero-order valence-corrected chi connectivity index (χ0v) is 18.8. The molecule has 0 saturated carbocycles. The SMILES string of the molecule is CCc1cc2c(cc1CC)CC(NCC(O)c1ccc(OC(C)=O)c3[nH]c(=O)ccc13)C2. The zero-order valence-electron chi connectivity index (χ0n) is 18.8. The lowest BCUT2D eigenvalue weighted by Gasteiger charge is -2.18. The number of carbonyl (C=O) groups is 1. The standard InChI is InChI=1S/C26H30N2O4/c1-4-16-10-18-12-20(13-19(18)11-17(16)5-2)27-14-23(30)21-6-8-24(32-15(3)29)26-22(21)7-9-25(31)28-26/h6-11,20,23,27,30H,4-5,12-14H2,1-3H3,(H,28,31). The van der Waals surface area contributed by atoms with E-state index in [0.717, 1.165) is 25.7 Å². The van der Waals surface area contributed by atoms with Crippen LogP contribution in [0.2, 0.25) is 0 Å².